The molecule has 0 aliphatic carbocycles. The van der Waals surface area contributed by atoms with E-state index in [0.29, 0.717) is 12.2 Å². The van der Waals surface area contributed by atoms with Crippen molar-refractivity contribution in [2.75, 3.05) is 24.5 Å². The summed E-state index contributed by atoms with van der Waals surface area (Å²) < 4.78 is 26.5. The van der Waals surface area contributed by atoms with Crippen LogP contribution in [0, 0.1) is 11.6 Å². The summed E-state index contributed by atoms with van der Waals surface area (Å²) in [6.45, 7) is 2.56. The Hall–Kier alpha value is -1.91. The van der Waals surface area contributed by atoms with E-state index in [0.717, 1.165) is 38.0 Å². The van der Waals surface area contributed by atoms with Gasteiger partial charge < -0.3 is 9.80 Å². The van der Waals surface area contributed by atoms with E-state index in [1.807, 2.05) is 11.0 Å². The number of halogens is 2. The second-order valence-corrected chi connectivity index (χ2v) is 5.07. The first-order valence-electron chi connectivity index (χ1n) is 6.96. The van der Waals surface area contributed by atoms with Crippen LogP contribution in [0.4, 0.5) is 14.5 Å². The number of rotatable bonds is 1. The van der Waals surface area contributed by atoms with Crippen LogP contribution in [0.15, 0.2) is 35.5 Å². The fraction of sp³-hybridized carbons (Fsp3) is 0.400. The Morgan fingerprint density at radius 2 is 1.80 bits per heavy atom. The topological polar surface area (TPSA) is 18.8 Å². The Kier molecular flexibility index (Phi) is 3.67. The fourth-order valence-corrected chi connectivity index (χ4v) is 2.64. The third-order valence-electron chi connectivity index (χ3n) is 3.68. The van der Waals surface area contributed by atoms with Crippen LogP contribution in [0.2, 0.25) is 0 Å². The van der Waals surface area contributed by atoms with Crippen molar-refractivity contribution < 1.29 is 8.78 Å². The number of aliphatic imine (C=N–C) groups is 1. The average molecular weight is 277 g/mol. The highest BCUT2D eigenvalue weighted by atomic mass is 19.2. The Bertz CT molecular complexity index is 548. The SMILES string of the molecule is Fc1ccc(N2CC=CN=C2N2CCCCC2)cc1F. The number of piperidine rings is 1. The van der Waals surface area contributed by atoms with E-state index in [4.69, 9.17) is 0 Å². The van der Waals surface area contributed by atoms with Gasteiger partial charge in [-0.05, 0) is 37.5 Å². The van der Waals surface area contributed by atoms with Crippen molar-refractivity contribution in [2.24, 2.45) is 4.99 Å². The molecule has 0 N–H and O–H groups in total. The number of hydrogen-bond acceptors (Lipinski definition) is 3. The summed E-state index contributed by atoms with van der Waals surface area (Å²) in [6, 6.07) is 3.99. The van der Waals surface area contributed by atoms with Crippen molar-refractivity contribution in [1.29, 1.82) is 0 Å². The summed E-state index contributed by atoms with van der Waals surface area (Å²) in [6.07, 6.45) is 7.22. The third kappa shape index (κ3) is 2.53. The molecule has 2 heterocycles. The minimum absolute atomic E-state index is 0.625. The zero-order valence-corrected chi connectivity index (χ0v) is 11.2. The van der Waals surface area contributed by atoms with Gasteiger partial charge in [-0.25, -0.2) is 13.8 Å². The molecule has 1 aromatic rings. The van der Waals surface area contributed by atoms with Crippen molar-refractivity contribution in [1.82, 2.24) is 4.90 Å². The normalized spacial score (nSPS) is 19.2. The largest absolute Gasteiger partial charge is 0.342 e. The molecule has 106 valence electrons. The Balaban J connectivity index is 1.88. The fourth-order valence-electron chi connectivity index (χ4n) is 2.64. The monoisotopic (exact) mass is 277 g/mol. The van der Waals surface area contributed by atoms with Gasteiger partial charge in [0.1, 0.15) is 0 Å². The predicted octanol–water partition coefficient (Wildman–Crippen LogP) is 3.14. The minimum atomic E-state index is -0.824. The minimum Gasteiger partial charge on any atom is -0.342 e. The van der Waals surface area contributed by atoms with Gasteiger partial charge in [0.2, 0.25) is 5.96 Å². The first-order chi connectivity index (χ1) is 9.75. The summed E-state index contributed by atoms with van der Waals surface area (Å²) in [7, 11) is 0. The molecule has 0 atom stereocenters. The van der Waals surface area contributed by atoms with E-state index in [-0.39, 0.29) is 0 Å². The molecule has 0 amide bonds. The first kappa shape index (κ1) is 13.1. The molecule has 3 nitrogen and oxygen atoms in total. The van der Waals surface area contributed by atoms with Crippen LogP contribution in [-0.4, -0.2) is 30.5 Å². The number of benzene rings is 1. The van der Waals surface area contributed by atoms with Gasteiger partial charge in [0.05, 0.1) is 0 Å². The molecule has 0 bridgehead atoms. The second kappa shape index (κ2) is 5.61. The summed E-state index contributed by atoms with van der Waals surface area (Å²) in [5.41, 5.74) is 0.637. The number of likely N-dealkylation sites (tertiary alicyclic amines) is 1. The van der Waals surface area contributed by atoms with E-state index in [2.05, 4.69) is 9.89 Å². The van der Waals surface area contributed by atoms with Crippen molar-refractivity contribution in [3.8, 4) is 0 Å². The first-order valence-corrected chi connectivity index (χ1v) is 6.96. The zero-order chi connectivity index (χ0) is 13.9. The Morgan fingerprint density at radius 1 is 1.00 bits per heavy atom. The van der Waals surface area contributed by atoms with Crippen LogP contribution < -0.4 is 4.90 Å². The summed E-state index contributed by atoms with van der Waals surface area (Å²) in [5, 5.41) is 0. The highest BCUT2D eigenvalue weighted by molar-refractivity contribution is 5.97. The maximum Gasteiger partial charge on any atom is 0.206 e. The maximum atomic E-state index is 13.4. The number of hydrogen-bond donors (Lipinski definition) is 0. The molecular formula is C15H17F2N3. The lowest BCUT2D eigenvalue weighted by atomic mass is 10.1. The van der Waals surface area contributed by atoms with Crippen molar-refractivity contribution in [3.63, 3.8) is 0 Å². The molecule has 20 heavy (non-hydrogen) atoms. The van der Waals surface area contributed by atoms with Crippen LogP contribution in [0.25, 0.3) is 0 Å². The molecule has 0 radical (unpaired) electrons. The molecule has 5 heteroatoms. The predicted molar refractivity (Wildman–Crippen MR) is 75.7 cm³/mol. The lowest BCUT2D eigenvalue weighted by Gasteiger charge is -2.37. The average Bonchev–Trinajstić information content (AvgIpc) is 2.51. The van der Waals surface area contributed by atoms with E-state index >= 15 is 0 Å². The number of anilines is 1. The molecule has 3 rings (SSSR count). The van der Waals surface area contributed by atoms with Gasteiger partial charge >= 0.3 is 0 Å². The van der Waals surface area contributed by atoms with Crippen molar-refractivity contribution in [2.45, 2.75) is 19.3 Å². The molecule has 0 spiro atoms. The van der Waals surface area contributed by atoms with Crippen LogP contribution in [0.5, 0.6) is 0 Å². The lowest BCUT2D eigenvalue weighted by Crippen LogP contribution is -2.47. The van der Waals surface area contributed by atoms with Gasteiger partial charge in [0, 0.05) is 37.6 Å². The van der Waals surface area contributed by atoms with Gasteiger partial charge in [0.15, 0.2) is 11.6 Å². The van der Waals surface area contributed by atoms with E-state index in [1.54, 1.807) is 12.3 Å². The molecule has 2 aliphatic rings. The molecule has 0 saturated carbocycles. The Labute approximate surface area is 117 Å². The molecule has 2 aliphatic heterocycles. The summed E-state index contributed by atoms with van der Waals surface area (Å²) >= 11 is 0. The standard InChI is InChI=1S/C15H17F2N3/c16-13-6-5-12(11-14(13)17)20-10-4-7-18-15(20)19-8-2-1-3-9-19/h4-7,11H,1-3,8-10H2. The highest BCUT2D eigenvalue weighted by Crippen LogP contribution is 2.22. The van der Waals surface area contributed by atoms with Crippen LogP contribution >= 0.6 is 0 Å². The van der Waals surface area contributed by atoms with Gasteiger partial charge in [-0.3, -0.25) is 0 Å². The quantitative estimate of drug-likeness (QED) is 0.785. The summed E-state index contributed by atoms with van der Waals surface area (Å²) in [4.78, 5) is 8.58. The maximum absolute atomic E-state index is 13.4. The lowest BCUT2D eigenvalue weighted by molar-refractivity contribution is 0.337. The van der Waals surface area contributed by atoms with Crippen molar-refractivity contribution in [3.05, 3.63) is 42.1 Å². The van der Waals surface area contributed by atoms with E-state index in [1.165, 1.54) is 12.5 Å². The van der Waals surface area contributed by atoms with E-state index in [9.17, 15) is 8.78 Å². The zero-order valence-electron chi connectivity index (χ0n) is 11.2. The van der Waals surface area contributed by atoms with Crippen LogP contribution in [0.3, 0.4) is 0 Å². The molecule has 1 saturated heterocycles. The van der Waals surface area contributed by atoms with Crippen LogP contribution in [0.1, 0.15) is 19.3 Å². The molecule has 0 unspecified atom stereocenters. The van der Waals surface area contributed by atoms with Gasteiger partial charge in [-0.2, -0.15) is 0 Å². The van der Waals surface area contributed by atoms with Crippen molar-refractivity contribution >= 4 is 11.6 Å². The van der Waals surface area contributed by atoms with Gasteiger partial charge in [0.25, 0.3) is 0 Å². The molecular weight excluding hydrogens is 260 g/mol. The Morgan fingerprint density at radius 3 is 2.55 bits per heavy atom. The van der Waals surface area contributed by atoms with Gasteiger partial charge in [-0.15, -0.1) is 0 Å². The number of guanidine groups is 1. The smallest absolute Gasteiger partial charge is 0.206 e. The van der Waals surface area contributed by atoms with Crippen LogP contribution in [-0.2, 0) is 0 Å². The third-order valence-corrected chi connectivity index (χ3v) is 3.68. The molecule has 1 fully saturated rings. The number of nitrogens with zero attached hydrogens (tertiary/aromatic N) is 3. The second-order valence-electron chi connectivity index (χ2n) is 5.07. The summed E-state index contributed by atoms with van der Waals surface area (Å²) in [5.74, 6) is -0.814. The van der Waals surface area contributed by atoms with E-state index < -0.39 is 11.6 Å². The molecule has 1 aromatic carbocycles. The highest BCUT2D eigenvalue weighted by Gasteiger charge is 2.23. The molecule has 0 aromatic heterocycles. The van der Waals surface area contributed by atoms with Gasteiger partial charge in [-0.1, -0.05) is 0 Å².